The number of carboxylic acids is 2. The molecule has 20 heteroatoms. The summed E-state index contributed by atoms with van der Waals surface area (Å²) in [6.45, 7) is 6.44. The van der Waals surface area contributed by atoms with Crippen LogP contribution in [0.1, 0.15) is 90.6 Å². The summed E-state index contributed by atoms with van der Waals surface area (Å²) >= 11 is 0. The molecule has 0 aliphatic carbocycles. The fourth-order valence-electron chi connectivity index (χ4n) is 6.34. The van der Waals surface area contributed by atoms with Crippen molar-refractivity contribution in [3.8, 4) is 22.8 Å². The van der Waals surface area contributed by atoms with Crippen LogP contribution in [0.15, 0.2) is 52.9 Å². The molecule has 3 aromatic rings. The van der Waals surface area contributed by atoms with Crippen molar-refractivity contribution in [2.45, 2.75) is 71.4 Å². The Kier molecular flexibility index (Phi) is 19.5. The van der Waals surface area contributed by atoms with Crippen molar-refractivity contribution in [2.75, 3.05) is 38.4 Å². The lowest BCUT2D eigenvalue weighted by Gasteiger charge is -2.32. The van der Waals surface area contributed by atoms with E-state index in [1.54, 1.807) is 32.0 Å². The molecule has 0 saturated carbocycles. The van der Waals surface area contributed by atoms with Crippen LogP contribution in [0.3, 0.4) is 0 Å². The molecule has 0 radical (unpaired) electrons. The number of fused-ring (bicyclic) bond motifs is 1. The average molecular weight is 842 g/mol. The quantitative estimate of drug-likeness (QED) is 0.0323. The molecule has 20 nitrogen and oxygen atoms in total. The maximum Gasteiger partial charge on any atom is 0.363 e. The van der Waals surface area contributed by atoms with Crippen LogP contribution >= 0.6 is 0 Å². The fraction of sp³-hybridized carbons (Fsp3) is 0.425. The molecule has 0 saturated heterocycles. The van der Waals surface area contributed by atoms with Gasteiger partial charge in [-0.3, -0.25) is 24.0 Å². The summed E-state index contributed by atoms with van der Waals surface area (Å²) in [4.78, 5) is 95.2. The van der Waals surface area contributed by atoms with Gasteiger partial charge in [0.2, 0.25) is 12.3 Å². The number of amides is 4. The lowest BCUT2D eigenvalue weighted by Crippen LogP contribution is -2.49. The number of rotatable bonds is 22. The Morgan fingerprint density at radius 1 is 0.950 bits per heavy atom. The van der Waals surface area contributed by atoms with Gasteiger partial charge in [-0.2, -0.15) is 5.06 Å². The van der Waals surface area contributed by atoms with E-state index in [9.17, 15) is 38.7 Å². The largest absolute Gasteiger partial charge is 0.493 e. The van der Waals surface area contributed by atoms with Crippen LogP contribution in [0.2, 0.25) is 0 Å². The molecule has 4 amide bonds. The monoisotopic (exact) mass is 841 g/mol. The van der Waals surface area contributed by atoms with Gasteiger partial charge in [-0.25, -0.2) is 9.59 Å². The number of likely N-dealkylation sites (N-methyl/N-ethyl adjacent to an activating group) is 1. The second-order valence-corrected chi connectivity index (χ2v) is 13.4. The first-order valence-corrected chi connectivity index (χ1v) is 18.9. The Morgan fingerprint density at radius 2 is 1.70 bits per heavy atom. The standard InChI is InChI=1S/C40H49N5O13.2H3N/c1-5-8-9-10-26(29(6-2)45(23-46)58-40(54)25-12-14-32-30(19-25)44(4)17-18-56-32)36(49)41-22-42-38(51)33-16-15-31(57-33)24-11-13-27(34(20-24)55-7-3)37(50)43-28(39(52)53)21-35(47)48;;/h11-16,19-20,23,26,28-29H,5-10,17-18,21-22H2,1-4H3,(H,41,49)(H,42,51)(H,43,50)(H,47,48)(H,52,53);2*1H3/t26-,28+,29-;;/m1../s1. The van der Waals surface area contributed by atoms with Crippen molar-refractivity contribution in [1.82, 2.24) is 33.3 Å². The van der Waals surface area contributed by atoms with Crippen LogP contribution < -0.4 is 42.6 Å². The van der Waals surface area contributed by atoms with Crippen molar-refractivity contribution in [1.29, 1.82) is 0 Å². The van der Waals surface area contributed by atoms with Gasteiger partial charge >= 0.3 is 17.9 Å². The molecule has 1 aromatic heterocycles. The third-order valence-corrected chi connectivity index (χ3v) is 9.38. The number of hydrogen-bond acceptors (Lipinski definition) is 14. The molecule has 2 heterocycles. The number of nitrogens with one attached hydrogen (secondary N) is 3. The molecule has 11 N–H and O–H groups in total. The number of carbonyl (C=O) groups is 7. The molecule has 1 aliphatic heterocycles. The normalized spacial score (nSPS) is 13.0. The molecule has 0 spiro atoms. The highest BCUT2D eigenvalue weighted by Gasteiger charge is 2.34. The summed E-state index contributed by atoms with van der Waals surface area (Å²) in [5.74, 6) is -5.68. The summed E-state index contributed by atoms with van der Waals surface area (Å²) in [5, 5.41) is 26.7. The number of nitrogens with zero attached hydrogens (tertiary/aromatic N) is 2. The molecule has 0 fully saturated rings. The minimum Gasteiger partial charge on any atom is -0.493 e. The van der Waals surface area contributed by atoms with Gasteiger partial charge in [-0.05, 0) is 62.2 Å². The van der Waals surface area contributed by atoms with Gasteiger partial charge in [0.25, 0.3) is 11.8 Å². The lowest BCUT2D eigenvalue weighted by atomic mass is 9.90. The van der Waals surface area contributed by atoms with Crippen molar-refractivity contribution >= 4 is 47.7 Å². The number of furan rings is 1. The van der Waals surface area contributed by atoms with Crippen molar-refractivity contribution in [2.24, 2.45) is 5.92 Å². The lowest BCUT2D eigenvalue weighted by molar-refractivity contribution is -0.171. The molecule has 60 heavy (non-hydrogen) atoms. The first-order valence-electron chi connectivity index (χ1n) is 18.9. The summed E-state index contributed by atoms with van der Waals surface area (Å²) in [6, 6.07) is 9.54. The topological polar surface area (TPSA) is 313 Å². The van der Waals surface area contributed by atoms with Gasteiger partial charge < -0.3 is 62.1 Å². The van der Waals surface area contributed by atoms with E-state index < -0.39 is 60.1 Å². The number of benzene rings is 2. The maximum absolute atomic E-state index is 13.6. The SMILES string of the molecule is CCCCC[C@@H](C(=O)NCNC(=O)c1ccc(-c2ccc(C(=O)N[C@@H](CC(=O)O)C(=O)O)c(OCC)c2)o1)[C@@H](CC)N(C=O)OC(=O)c1ccc2c(c1)N(C)CCO2.N.N. The Hall–Kier alpha value is -6.67. The van der Waals surface area contributed by atoms with Gasteiger partial charge in [0.1, 0.15) is 29.9 Å². The summed E-state index contributed by atoms with van der Waals surface area (Å²) in [7, 11) is 1.87. The summed E-state index contributed by atoms with van der Waals surface area (Å²) in [6.07, 6.45) is 2.57. The Labute approximate surface area is 347 Å². The van der Waals surface area contributed by atoms with E-state index in [1.165, 1.54) is 30.3 Å². The predicted molar refractivity (Wildman–Crippen MR) is 217 cm³/mol. The molecular formula is C40H55N7O13. The van der Waals surface area contributed by atoms with E-state index in [2.05, 4.69) is 16.0 Å². The molecule has 3 atom stereocenters. The van der Waals surface area contributed by atoms with E-state index in [0.717, 1.165) is 17.9 Å². The number of hydrogen-bond donors (Lipinski definition) is 7. The third kappa shape index (κ3) is 12.9. The van der Waals surface area contributed by atoms with Crippen molar-refractivity contribution in [3.05, 3.63) is 65.4 Å². The third-order valence-electron chi connectivity index (χ3n) is 9.38. The molecule has 2 aromatic carbocycles. The smallest absolute Gasteiger partial charge is 0.363 e. The highest BCUT2D eigenvalue weighted by Crippen LogP contribution is 2.32. The molecule has 4 rings (SSSR count). The van der Waals surface area contributed by atoms with Gasteiger partial charge in [0, 0.05) is 12.6 Å². The second-order valence-electron chi connectivity index (χ2n) is 13.4. The van der Waals surface area contributed by atoms with Crippen LogP contribution in [0.25, 0.3) is 11.3 Å². The van der Waals surface area contributed by atoms with E-state index >= 15 is 0 Å². The zero-order valence-electron chi connectivity index (χ0n) is 34.2. The minimum absolute atomic E-state index is 0. The number of carboxylic acid groups (broad SMARTS) is 2. The highest BCUT2D eigenvalue weighted by atomic mass is 16.7. The first kappa shape index (κ1) is 49.5. The van der Waals surface area contributed by atoms with Gasteiger partial charge in [-0.1, -0.05) is 39.2 Å². The zero-order chi connectivity index (χ0) is 42.4. The van der Waals surface area contributed by atoms with E-state index in [1.807, 2.05) is 18.9 Å². The Balaban J connectivity index is 0.00000620. The number of anilines is 1. The molecule has 0 bridgehead atoms. The summed E-state index contributed by atoms with van der Waals surface area (Å²) in [5.41, 5.74) is 1.26. The maximum atomic E-state index is 13.6. The summed E-state index contributed by atoms with van der Waals surface area (Å²) < 4.78 is 17.0. The van der Waals surface area contributed by atoms with E-state index in [4.69, 9.17) is 23.8 Å². The van der Waals surface area contributed by atoms with Crippen LogP contribution in [0, 0.1) is 5.92 Å². The number of unbranched alkanes of at least 4 members (excludes halogenated alkanes) is 2. The molecular weight excluding hydrogens is 786 g/mol. The Morgan fingerprint density at radius 3 is 2.35 bits per heavy atom. The molecule has 328 valence electrons. The van der Waals surface area contributed by atoms with Gasteiger partial charge in [-0.15, -0.1) is 0 Å². The predicted octanol–water partition coefficient (Wildman–Crippen LogP) is 4.16. The van der Waals surface area contributed by atoms with Gasteiger partial charge in [0.05, 0.1) is 55.0 Å². The second kappa shape index (κ2) is 23.7. The fourth-order valence-corrected chi connectivity index (χ4v) is 6.34. The average Bonchev–Trinajstić information content (AvgIpc) is 3.70. The Bertz CT molecular complexity index is 1970. The van der Waals surface area contributed by atoms with E-state index in [0.29, 0.717) is 49.4 Å². The zero-order valence-corrected chi connectivity index (χ0v) is 34.2. The van der Waals surface area contributed by atoms with Crippen LogP contribution in [0.5, 0.6) is 11.5 Å². The van der Waals surface area contributed by atoms with Crippen LogP contribution in [0.4, 0.5) is 5.69 Å². The van der Waals surface area contributed by atoms with Crippen molar-refractivity contribution < 1.29 is 62.5 Å². The van der Waals surface area contributed by atoms with Crippen LogP contribution in [-0.2, 0) is 24.0 Å². The van der Waals surface area contributed by atoms with Crippen LogP contribution in [-0.4, -0.2) is 103 Å². The van der Waals surface area contributed by atoms with E-state index in [-0.39, 0.29) is 60.4 Å². The first-order chi connectivity index (χ1) is 27.8. The molecule has 1 aliphatic rings. The highest BCUT2D eigenvalue weighted by molar-refractivity contribution is 6.00. The van der Waals surface area contributed by atoms with Gasteiger partial charge in [0.15, 0.2) is 5.76 Å². The van der Waals surface area contributed by atoms with Crippen molar-refractivity contribution in [3.63, 3.8) is 0 Å². The molecule has 0 unspecified atom stereocenters. The number of hydroxylamine groups is 2. The number of aliphatic carboxylic acids is 2. The number of ether oxygens (including phenoxy) is 2. The minimum atomic E-state index is -1.67. The number of carbonyl (C=O) groups excluding carboxylic acids is 5.